The number of hydrogen-bond acceptors (Lipinski definition) is 4. The molecule has 4 atom stereocenters. The molecule has 4 nitrogen and oxygen atoms in total. The number of aliphatic hydroxyl groups is 2. The van der Waals surface area contributed by atoms with Crippen molar-refractivity contribution in [2.75, 3.05) is 26.2 Å². The van der Waals surface area contributed by atoms with Crippen molar-refractivity contribution in [3.63, 3.8) is 0 Å². The molecule has 19 heavy (non-hydrogen) atoms. The van der Waals surface area contributed by atoms with Crippen LogP contribution in [-0.4, -0.2) is 42.1 Å². The van der Waals surface area contributed by atoms with E-state index in [9.17, 15) is 10.2 Å². The van der Waals surface area contributed by atoms with E-state index in [-0.39, 0.29) is 18.4 Å². The molecule has 104 valence electrons. The third kappa shape index (κ3) is 1.91. The molecule has 1 aromatic carbocycles. The minimum Gasteiger partial charge on any atom is -0.394 e. The van der Waals surface area contributed by atoms with E-state index in [1.165, 1.54) is 0 Å². The van der Waals surface area contributed by atoms with Gasteiger partial charge in [0.15, 0.2) is 0 Å². The first-order chi connectivity index (χ1) is 9.10. The zero-order valence-corrected chi connectivity index (χ0v) is 11.3. The third-order valence-electron chi connectivity index (χ3n) is 4.95. The van der Waals surface area contributed by atoms with Crippen molar-refractivity contribution in [2.45, 2.75) is 18.1 Å². The van der Waals surface area contributed by atoms with Crippen molar-refractivity contribution in [2.24, 2.45) is 11.8 Å². The van der Waals surface area contributed by atoms with Gasteiger partial charge in [0.25, 0.3) is 0 Å². The summed E-state index contributed by atoms with van der Waals surface area (Å²) < 4.78 is 0. The fourth-order valence-corrected chi connectivity index (χ4v) is 3.76. The normalized spacial score (nSPS) is 42.1. The van der Waals surface area contributed by atoms with Crippen LogP contribution in [0.3, 0.4) is 0 Å². The van der Waals surface area contributed by atoms with E-state index in [0.29, 0.717) is 6.54 Å². The highest BCUT2D eigenvalue weighted by Crippen LogP contribution is 2.44. The molecular weight excluding hydrogens is 240 g/mol. The summed E-state index contributed by atoms with van der Waals surface area (Å²) in [6, 6.07) is 10.1. The van der Waals surface area contributed by atoms with Gasteiger partial charge in [0.2, 0.25) is 0 Å². The number of benzene rings is 1. The van der Waals surface area contributed by atoms with Crippen molar-refractivity contribution in [3.8, 4) is 0 Å². The summed E-state index contributed by atoms with van der Waals surface area (Å²) in [4.78, 5) is 0. The second-order valence-electron chi connectivity index (χ2n) is 6.08. The number of piperidine rings is 1. The average molecular weight is 262 g/mol. The van der Waals surface area contributed by atoms with E-state index in [1.807, 2.05) is 25.1 Å². The summed E-state index contributed by atoms with van der Waals surface area (Å²) in [7, 11) is 0. The molecule has 0 spiro atoms. The number of rotatable bonds is 2. The minimum absolute atomic E-state index is 0.0515. The predicted octanol–water partition coefficient (Wildman–Crippen LogP) is 0.0640. The van der Waals surface area contributed by atoms with Crippen molar-refractivity contribution >= 4 is 0 Å². The van der Waals surface area contributed by atoms with Gasteiger partial charge in [0.1, 0.15) is 0 Å². The molecule has 0 bridgehead atoms. The molecule has 4 heteroatoms. The second kappa shape index (κ2) is 4.56. The summed E-state index contributed by atoms with van der Waals surface area (Å²) in [5.41, 5.74) is -0.0640. The van der Waals surface area contributed by atoms with Gasteiger partial charge in [-0.2, -0.15) is 0 Å². The summed E-state index contributed by atoms with van der Waals surface area (Å²) >= 11 is 0. The molecule has 0 unspecified atom stereocenters. The van der Waals surface area contributed by atoms with Gasteiger partial charge in [-0.1, -0.05) is 30.3 Å². The van der Waals surface area contributed by atoms with Crippen LogP contribution < -0.4 is 10.6 Å². The lowest BCUT2D eigenvalue weighted by molar-refractivity contribution is -0.0818. The van der Waals surface area contributed by atoms with Gasteiger partial charge in [0, 0.05) is 31.5 Å². The van der Waals surface area contributed by atoms with Gasteiger partial charge in [-0.05, 0) is 12.5 Å². The van der Waals surface area contributed by atoms with Crippen LogP contribution in [-0.2, 0) is 5.54 Å². The van der Waals surface area contributed by atoms with Crippen molar-refractivity contribution in [1.29, 1.82) is 0 Å². The molecule has 2 heterocycles. The molecule has 0 radical (unpaired) electrons. The first-order valence-electron chi connectivity index (χ1n) is 6.95. The van der Waals surface area contributed by atoms with E-state index < -0.39 is 11.1 Å². The number of β-amino-alcohol motifs (C(OH)–C–C–N with tert-alkyl or cyclic N) is 1. The number of aliphatic hydroxyl groups excluding tert-OH is 1. The fourth-order valence-electron chi connectivity index (χ4n) is 3.76. The molecule has 2 aliphatic heterocycles. The topological polar surface area (TPSA) is 64.5 Å². The summed E-state index contributed by atoms with van der Waals surface area (Å²) in [6.45, 7) is 4.08. The van der Waals surface area contributed by atoms with Crippen LogP contribution in [0, 0.1) is 11.8 Å². The zero-order chi connectivity index (χ0) is 13.5. The Labute approximate surface area is 113 Å². The Morgan fingerprint density at radius 1 is 1.21 bits per heavy atom. The van der Waals surface area contributed by atoms with Crippen LogP contribution in [0.2, 0.25) is 0 Å². The van der Waals surface area contributed by atoms with Crippen molar-refractivity contribution < 1.29 is 10.2 Å². The second-order valence-corrected chi connectivity index (χ2v) is 6.08. The van der Waals surface area contributed by atoms with Crippen molar-refractivity contribution in [3.05, 3.63) is 35.9 Å². The summed E-state index contributed by atoms with van der Waals surface area (Å²) in [5, 5.41) is 27.4. The van der Waals surface area contributed by atoms with E-state index >= 15 is 0 Å². The van der Waals surface area contributed by atoms with Gasteiger partial charge in [-0.25, -0.2) is 0 Å². The van der Waals surface area contributed by atoms with Gasteiger partial charge in [0.05, 0.1) is 17.7 Å². The molecule has 1 aromatic rings. The van der Waals surface area contributed by atoms with Gasteiger partial charge >= 0.3 is 0 Å². The Bertz CT molecular complexity index is 449. The van der Waals surface area contributed by atoms with Crippen LogP contribution in [0.25, 0.3) is 0 Å². The Morgan fingerprint density at radius 3 is 2.58 bits per heavy atom. The standard InChI is InChI=1S/C15H22N2O2/c1-14(19)9-17-15(10-18,11-5-3-2-4-6-11)13-8-16-7-12(13)14/h2-6,12-13,16-19H,7-10H2,1H3/t12-,13+,14-,15+/m0/s1. The molecule has 0 aromatic heterocycles. The lowest BCUT2D eigenvalue weighted by Crippen LogP contribution is -2.66. The number of hydrogen-bond donors (Lipinski definition) is 4. The average Bonchev–Trinajstić information content (AvgIpc) is 2.92. The van der Waals surface area contributed by atoms with E-state index in [4.69, 9.17) is 0 Å². The highest BCUT2D eigenvalue weighted by molar-refractivity contribution is 5.29. The Kier molecular flexibility index (Phi) is 3.14. The molecule has 2 fully saturated rings. The molecule has 2 saturated heterocycles. The third-order valence-corrected chi connectivity index (χ3v) is 4.95. The molecule has 3 rings (SSSR count). The van der Waals surface area contributed by atoms with Crippen LogP contribution in [0.1, 0.15) is 12.5 Å². The van der Waals surface area contributed by atoms with E-state index in [0.717, 1.165) is 18.7 Å². The van der Waals surface area contributed by atoms with Crippen LogP contribution in [0.5, 0.6) is 0 Å². The lowest BCUT2D eigenvalue weighted by Gasteiger charge is -2.51. The maximum Gasteiger partial charge on any atom is 0.0787 e. The zero-order valence-electron chi connectivity index (χ0n) is 11.3. The Hall–Kier alpha value is -0.940. The smallest absolute Gasteiger partial charge is 0.0787 e. The van der Waals surface area contributed by atoms with Gasteiger partial charge in [-0.15, -0.1) is 0 Å². The first kappa shape index (κ1) is 13.1. The highest BCUT2D eigenvalue weighted by Gasteiger charge is 2.55. The Morgan fingerprint density at radius 2 is 1.89 bits per heavy atom. The van der Waals surface area contributed by atoms with Crippen LogP contribution in [0.15, 0.2) is 30.3 Å². The Balaban J connectivity index is 2.03. The van der Waals surface area contributed by atoms with Crippen molar-refractivity contribution in [1.82, 2.24) is 10.6 Å². The first-order valence-corrected chi connectivity index (χ1v) is 6.95. The maximum absolute atomic E-state index is 10.5. The van der Waals surface area contributed by atoms with E-state index in [1.54, 1.807) is 0 Å². The van der Waals surface area contributed by atoms with Gasteiger partial charge < -0.3 is 20.8 Å². The maximum atomic E-state index is 10.5. The molecule has 4 N–H and O–H groups in total. The SMILES string of the molecule is C[C@]1(O)CN[C@](CO)(c2ccccc2)[C@@H]2CNC[C@@H]21. The summed E-state index contributed by atoms with van der Waals surface area (Å²) in [5.74, 6) is 0.366. The molecule has 2 aliphatic rings. The molecule has 0 saturated carbocycles. The molecule has 0 aliphatic carbocycles. The largest absolute Gasteiger partial charge is 0.394 e. The van der Waals surface area contributed by atoms with Gasteiger partial charge in [-0.3, -0.25) is 0 Å². The summed E-state index contributed by atoms with van der Waals surface area (Å²) in [6.07, 6.45) is 0. The lowest BCUT2D eigenvalue weighted by atomic mass is 9.65. The number of nitrogens with one attached hydrogen (secondary N) is 2. The fraction of sp³-hybridized carbons (Fsp3) is 0.600. The highest BCUT2D eigenvalue weighted by atomic mass is 16.3. The molecular formula is C15H22N2O2. The number of fused-ring (bicyclic) bond motifs is 1. The molecule has 0 amide bonds. The predicted molar refractivity (Wildman–Crippen MR) is 73.7 cm³/mol. The van der Waals surface area contributed by atoms with E-state index in [2.05, 4.69) is 22.8 Å². The van der Waals surface area contributed by atoms with Crippen LogP contribution >= 0.6 is 0 Å². The monoisotopic (exact) mass is 262 g/mol. The quantitative estimate of drug-likeness (QED) is 0.609. The minimum atomic E-state index is -0.721. The van der Waals surface area contributed by atoms with Crippen LogP contribution in [0.4, 0.5) is 0 Å².